The maximum absolute atomic E-state index is 12.7. The molecule has 0 spiro atoms. The Labute approximate surface area is 146 Å². The van der Waals surface area contributed by atoms with Gasteiger partial charge in [-0.15, -0.1) is 0 Å². The van der Waals surface area contributed by atoms with Crippen LogP contribution >= 0.6 is 0 Å². The lowest BCUT2D eigenvalue weighted by atomic mass is 9.83. The molecule has 2 fully saturated rings. The molecule has 2 N–H and O–H groups in total. The van der Waals surface area contributed by atoms with Gasteiger partial charge in [0.25, 0.3) is 0 Å². The Bertz CT molecular complexity index is 419. The van der Waals surface area contributed by atoms with E-state index in [-0.39, 0.29) is 11.8 Å². The summed E-state index contributed by atoms with van der Waals surface area (Å²) in [6, 6.07) is 0. The molecule has 2 atom stereocenters. The Morgan fingerprint density at radius 1 is 1.17 bits per heavy atom. The fraction of sp³-hybridized carbons (Fsp3) is 0.895. The smallest absolute Gasteiger partial charge is 0.222 e. The zero-order valence-corrected chi connectivity index (χ0v) is 15.6. The number of carbonyl (C=O) groups is 2. The Morgan fingerprint density at radius 2 is 1.88 bits per heavy atom. The van der Waals surface area contributed by atoms with Gasteiger partial charge in [0, 0.05) is 32.0 Å². The van der Waals surface area contributed by atoms with E-state index in [1.807, 2.05) is 18.7 Å². The van der Waals surface area contributed by atoms with Crippen LogP contribution in [0.25, 0.3) is 0 Å². The predicted octanol–water partition coefficient (Wildman–Crippen LogP) is 2.02. The van der Waals surface area contributed by atoms with Crippen molar-refractivity contribution >= 4 is 11.8 Å². The maximum Gasteiger partial charge on any atom is 0.222 e. The molecular formula is C19H35N3O2. The first kappa shape index (κ1) is 19.2. The molecule has 24 heavy (non-hydrogen) atoms. The second-order valence-corrected chi connectivity index (χ2v) is 8.02. The van der Waals surface area contributed by atoms with Gasteiger partial charge >= 0.3 is 0 Å². The minimum atomic E-state index is 0.0251. The molecular weight excluding hydrogens is 302 g/mol. The fourth-order valence-corrected chi connectivity index (χ4v) is 3.89. The van der Waals surface area contributed by atoms with E-state index < -0.39 is 0 Å². The number of nitrogens with one attached hydrogen (secondary N) is 2. The van der Waals surface area contributed by atoms with Crippen molar-refractivity contribution in [2.45, 2.75) is 52.9 Å². The number of piperidine rings is 2. The topological polar surface area (TPSA) is 61.4 Å². The lowest BCUT2D eigenvalue weighted by Gasteiger charge is -2.35. The monoisotopic (exact) mass is 337 g/mol. The van der Waals surface area contributed by atoms with E-state index in [1.165, 1.54) is 12.8 Å². The summed E-state index contributed by atoms with van der Waals surface area (Å²) in [7, 11) is 0. The summed E-state index contributed by atoms with van der Waals surface area (Å²) in [5.74, 6) is 2.00. The van der Waals surface area contributed by atoms with Crippen molar-refractivity contribution in [3.05, 3.63) is 0 Å². The van der Waals surface area contributed by atoms with Crippen molar-refractivity contribution in [2.24, 2.45) is 23.7 Å². The summed E-state index contributed by atoms with van der Waals surface area (Å²) in [6.45, 7) is 10.6. The molecule has 0 radical (unpaired) electrons. The summed E-state index contributed by atoms with van der Waals surface area (Å²) in [6.07, 6.45) is 5.22. The fourth-order valence-electron chi connectivity index (χ4n) is 3.89. The molecule has 0 bridgehead atoms. The lowest BCUT2D eigenvalue weighted by Crippen LogP contribution is -2.45. The summed E-state index contributed by atoms with van der Waals surface area (Å²) in [5.41, 5.74) is 0. The molecule has 2 saturated heterocycles. The molecule has 2 amide bonds. The zero-order chi connectivity index (χ0) is 17.5. The van der Waals surface area contributed by atoms with Crippen LogP contribution in [0, 0.1) is 23.7 Å². The number of likely N-dealkylation sites (tertiary alicyclic amines) is 1. The van der Waals surface area contributed by atoms with Crippen LogP contribution in [-0.2, 0) is 9.59 Å². The Hall–Kier alpha value is -1.10. The van der Waals surface area contributed by atoms with Crippen molar-refractivity contribution in [2.75, 3.05) is 32.7 Å². The summed E-state index contributed by atoms with van der Waals surface area (Å²) < 4.78 is 0. The highest BCUT2D eigenvalue weighted by Crippen LogP contribution is 2.26. The van der Waals surface area contributed by atoms with E-state index in [2.05, 4.69) is 17.6 Å². The third kappa shape index (κ3) is 5.76. The number of hydrogen-bond donors (Lipinski definition) is 2. The van der Waals surface area contributed by atoms with E-state index >= 15 is 0 Å². The van der Waals surface area contributed by atoms with Gasteiger partial charge in [-0.25, -0.2) is 0 Å². The molecule has 5 heteroatoms. The lowest BCUT2D eigenvalue weighted by molar-refractivity contribution is -0.134. The van der Waals surface area contributed by atoms with Crippen LogP contribution in [0.5, 0.6) is 0 Å². The molecule has 0 aromatic carbocycles. The second kappa shape index (κ2) is 9.40. The van der Waals surface area contributed by atoms with Gasteiger partial charge in [0.1, 0.15) is 0 Å². The zero-order valence-electron chi connectivity index (χ0n) is 15.6. The van der Waals surface area contributed by atoms with Gasteiger partial charge < -0.3 is 15.5 Å². The molecule has 0 saturated carbocycles. The van der Waals surface area contributed by atoms with Crippen molar-refractivity contribution in [3.63, 3.8) is 0 Å². The molecule has 138 valence electrons. The SMILES string of the molecule is CC(C)C(=O)NCC1CCCN(C(=O)CC(C)C2CCNCC2)C1. The van der Waals surface area contributed by atoms with Gasteiger partial charge in [0.2, 0.25) is 11.8 Å². The highest BCUT2D eigenvalue weighted by molar-refractivity contribution is 5.78. The number of amides is 2. The van der Waals surface area contributed by atoms with E-state index in [0.717, 1.165) is 39.0 Å². The van der Waals surface area contributed by atoms with Crippen molar-refractivity contribution < 1.29 is 9.59 Å². The Balaban J connectivity index is 1.76. The molecule has 2 aliphatic rings. The predicted molar refractivity (Wildman–Crippen MR) is 96.5 cm³/mol. The van der Waals surface area contributed by atoms with Crippen molar-refractivity contribution in [1.29, 1.82) is 0 Å². The summed E-state index contributed by atoms with van der Waals surface area (Å²) >= 11 is 0. The van der Waals surface area contributed by atoms with Crippen LogP contribution < -0.4 is 10.6 Å². The molecule has 2 heterocycles. The van der Waals surface area contributed by atoms with Crippen molar-refractivity contribution in [3.8, 4) is 0 Å². The maximum atomic E-state index is 12.7. The average molecular weight is 338 g/mol. The number of hydrogen-bond acceptors (Lipinski definition) is 3. The molecule has 0 aromatic rings. The third-order valence-corrected chi connectivity index (χ3v) is 5.65. The molecule has 2 aliphatic heterocycles. The molecule has 5 nitrogen and oxygen atoms in total. The first-order chi connectivity index (χ1) is 11.5. The van der Waals surface area contributed by atoms with Gasteiger partial charge in [-0.1, -0.05) is 20.8 Å². The van der Waals surface area contributed by atoms with Crippen molar-refractivity contribution in [1.82, 2.24) is 15.5 Å². The van der Waals surface area contributed by atoms with Crippen LogP contribution in [0.4, 0.5) is 0 Å². The number of carbonyl (C=O) groups excluding carboxylic acids is 2. The van der Waals surface area contributed by atoms with Gasteiger partial charge in [-0.3, -0.25) is 9.59 Å². The van der Waals surface area contributed by atoms with Crippen LogP contribution in [-0.4, -0.2) is 49.4 Å². The quantitative estimate of drug-likeness (QED) is 0.779. The first-order valence-electron chi connectivity index (χ1n) is 9.73. The minimum Gasteiger partial charge on any atom is -0.356 e. The van der Waals surface area contributed by atoms with Crippen LogP contribution in [0.3, 0.4) is 0 Å². The molecule has 0 aromatic heterocycles. The van der Waals surface area contributed by atoms with E-state index in [1.54, 1.807) is 0 Å². The molecule has 0 aliphatic carbocycles. The first-order valence-corrected chi connectivity index (χ1v) is 9.73. The Kier molecular flexibility index (Phi) is 7.53. The number of nitrogens with zero attached hydrogens (tertiary/aromatic N) is 1. The summed E-state index contributed by atoms with van der Waals surface area (Å²) in [4.78, 5) is 26.4. The van der Waals surface area contributed by atoms with Gasteiger partial charge in [0.15, 0.2) is 0 Å². The van der Waals surface area contributed by atoms with E-state index in [4.69, 9.17) is 0 Å². The highest BCUT2D eigenvalue weighted by Gasteiger charge is 2.27. The van der Waals surface area contributed by atoms with Crippen LogP contribution in [0.2, 0.25) is 0 Å². The normalized spacial score (nSPS) is 24.0. The summed E-state index contributed by atoms with van der Waals surface area (Å²) in [5, 5.41) is 6.41. The minimum absolute atomic E-state index is 0.0251. The third-order valence-electron chi connectivity index (χ3n) is 5.65. The van der Waals surface area contributed by atoms with Gasteiger partial charge in [-0.2, -0.15) is 0 Å². The van der Waals surface area contributed by atoms with E-state index in [9.17, 15) is 9.59 Å². The number of rotatable bonds is 6. The van der Waals surface area contributed by atoms with Crippen LogP contribution in [0.15, 0.2) is 0 Å². The highest BCUT2D eigenvalue weighted by atomic mass is 16.2. The van der Waals surface area contributed by atoms with E-state index in [0.29, 0.717) is 36.6 Å². The second-order valence-electron chi connectivity index (χ2n) is 8.02. The standard InChI is InChI=1S/C19H35N3O2/c1-14(2)19(24)21-12-16-5-4-10-22(13-16)18(23)11-15(3)17-6-8-20-9-7-17/h14-17,20H,4-13H2,1-3H3,(H,21,24). The largest absolute Gasteiger partial charge is 0.356 e. The molecule has 2 unspecified atom stereocenters. The Morgan fingerprint density at radius 3 is 2.54 bits per heavy atom. The van der Waals surface area contributed by atoms with Gasteiger partial charge in [0.05, 0.1) is 0 Å². The van der Waals surface area contributed by atoms with Crippen LogP contribution in [0.1, 0.15) is 52.9 Å². The van der Waals surface area contributed by atoms with Gasteiger partial charge in [-0.05, 0) is 56.5 Å². The average Bonchev–Trinajstić information content (AvgIpc) is 2.60. The molecule has 2 rings (SSSR count).